The Morgan fingerprint density at radius 3 is 2.78 bits per heavy atom. The number of para-hydroxylation sites is 1. The van der Waals surface area contributed by atoms with Crippen molar-refractivity contribution < 1.29 is 9.53 Å². The normalized spacial score (nSPS) is 10.6. The molecule has 3 rings (SSSR count). The number of ether oxygens (including phenoxy) is 1. The molecule has 0 bridgehead atoms. The minimum Gasteiger partial charge on any atom is -0.495 e. The number of carbonyl (C=O) groups is 1. The first-order valence-electron chi connectivity index (χ1n) is 8.31. The van der Waals surface area contributed by atoms with Crippen LogP contribution in [0.3, 0.4) is 0 Å². The second kappa shape index (κ2) is 8.13. The molecule has 3 N–H and O–H groups in total. The number of nitrogen functional groups attached to an aromatic ring is 1. The maximum atomic E-state index is 12.3. The van der Waals surface area contributed by atoms with Crippen molar-refractivity contribution in [1.82, 2.24) is 14.8 Å². The zero-order valence-electron chi connectivity index (χ0n) is 15.4. The minimum atomic E-state index is -0.146. The van der Waals surface area contributed by atoms with Crippen molar-refractivity contribution in [3.8, 4) is 17.1 Å². The van der Waals surface area contributed by atoms with Crippen LogP contribution in [0, 0.1) is 6.92 Å². The van der Waals surface area contributed by atoms with Crippen molar-refractivity contribution in [3.63, 3.8) is 0 Å². The van der Waals surface area contributed by atoms with Crippen LogP contribution < -0.4 is 15.8 Å². The van der Waals surface area contributed by atoms with Gasteiger partial charge >= 0.3 is 0 Å². The van der Waals surface area contributed by atoms with Crippen LogP contribution in [-0.2, 0) is 11.8 Å². The molecule has 140 valence electrons. The van der Waals surface area contributed by atoms with Gasteiger partial charge in [0, 0.05) is 18.3 Å². The molecule has 0 unspecified atom stereocenters. The number of anilines is 2. The van der Waals surface area contributed by atoms with E-state index in [2.05, 4.69) is 15.5 Å². The lowest BCUT2D eigenvalue weighted by Gasteiger charge is -2.11. The summed E-state index contributed by atoms with van der Waals surface area (Å²) in [6.45, 7) is 1.96. The number of aromatic nitrogens is 3. The summed E-state index contributed by atoms with van der Waals surface area (Å²) in [7, 11) is 3.43. The van der Waals surface area contributed by atoms with E-state index in [0.717, 1.165) is 11.1 Å². The second-order valence-electron chi connectivity index (χ2n) is 5.99. The molecule has 1 amide bonds. The van der Waals surface area contributed by atoms with Crippen LogP contribution >= 0.6 is 11.8 Å². The van der Waals surface area contributed by atoms with Crippen molar-refractivity contribution in [2.75, 3.05) is 23.9 Å². The van der Waals surface area contributed by atoms with Crippen LogP contribution in [0.25, 0.3) is 11.4 Å². The molecular formula is C19H21N5O2S. The Morgan fingerprint density at radius 2 is 2.04 bits per heavy atom. The van der Waals surface area contributed by atoms with E-state index in [-0.39, 0.29) is 11.7 Å². The fourth-order valence-corrected chi connectivity index (χ4v) is 3.32. The van der Waals surface area contributed by atoms with Gasteiger partial charge in [-0.05, 0) is 36.8 Å². The fraction of sp³-hybridized carbons (Fsp3) is 0.211. The number of carbonyl (C=O) groups excluding carboxylic acids is 1. The van der Waals surface area contributed by atoms with Gasteiger partial charge in [0.25, 0.3) is 0 Å². The number of thioether (sulfide) groups is 1. The van der Waals surface area contributed by atoms with Crippen LogP contribution in [0.1, 0.15) is 5.56 Å². The predicted molar refractivity (Wildman–Crippen MR) is 108 cm³/mol. The molecule has 3 aromatic rings. The number of hydrogen-bond acceptors (Lipinski definition) is 6. The van der Waals surface area contributed by atoms with Gasteiger partial charge < -0.3 is 20.4 Å². The van der Waals surface area contributed by atoms with Crippen LogP contribution in [0.4, 0.5) is 11.4 Å². The highest BCUT2D eigenvalue weighted by Crippen LogP contribution is 2.28. The summed E-state index contributed by atoms with van der Waals surface area (Å²) in [4.78, 5) is 12.3. The highest BCUT2D eigenvalue weighted by molar-refractivity contribution is 7.99. The molecule has 0 spiro atoms. The van der Waals surface area contributed by atoms with E-state index in [9.17, 15) is 4.79 Å². The Hall–Kier alpha value is -3.00. The number of rotatable bonds is 6. The molecule has 0 saturated carbocycles. The minimum absolute atomic E-state index is 0.146. The van der Waals surface area contributed by atoms with Crippen molar-refractivity contribution >= 4 is 29.0 Å². The highest BCUT2D eigenvalue weighted by atomic mass is 32.2. The average Bonchev–Trinajstić information content (AvgIpc) is 3.01. The molecule has 0 aliphatic rings. The summed E-state index contributed by atoms with van der Waals surface area (Å²) in [6.07, 6.45) is 0. The van der Waals surface area contributed by atoms with Crippen LogP contribution in [-0.4, -0.2) is 33.5 Å². The molecule has 0 atom stereocenters. The molecule has 0 radical (unpaired) electrons. The summed E-state index contributed by atoms with van der Waals surface area (Å²) in [5, 5.41) is 11.9. The number of amides is 1. The van der Waals surface area contributed by atoms with Crippen LogP contribution in [0.5, 0.6) is 5.75 Å². The number of nitrogens with one attached hydrogen (secondary N) is 1. The van der Waals surface area contributed by atoms with Gasteiger partial charge in [-0.1, -0.05) is 30.0 Å². The quantitative estimate of drug-likeness (QED) is 0.502. The van der Waals surface area contributed by atoms with Gasteiger partial charge in [-0.3, -0.25) is 4.79 Å². The Labute approximate surface area is 161 Å². The first-order valence-corrected chi connectivity index (χ1v) is 9.29. The molecule has 8 heteroatoms. The molecule has 0 fully saturated rings. The fourth-order valence-electron chi connectivity index (χ4n) is 2.61. The Bertz CT molecular complexity index is 970. The molecule has 2 aromatic carbocycles. The molecular weight excluding hydrogens is 362 g/mol. The third-order valence-electron chi connectivity index (χ3n) is 4.00. The maximum absolute atomic E-state index is 12.3. The summed E-state index contributed by atoms with van der Waals surface area (Å²) >= 11 is 1.31. The summed E-state index contributed by atoms with van der Waals surface area (Å²) in [6, 6.07) is 13.1. The van der Waals surface area contributed by atoms with E-state index in [1.807, 2.05) is 61.0 Å². The lowest BCUT2D eigenvalue weighted by Crippen LogP contribution is -2.15. The van der Waals surface area contributed by atoms with Crippen molar-refractivity contribution in [1.29, 1.82) is 0 Å². The average molecular weight is 383 g/mol. The van der Waals surface area contributed by atoms with Gasteiger partial charge in [-0.25, -0.2) is 0 Å². The Balaban J connectivity index is 1.68. The molecule has 1 heterocycles. The molecule has 7 nitrogen and oxygen atoms in total. The van der Waals surface area contributed by atoms with Gasteiger partial charge in [0.1, 0.15) is 5.75 Å². The van der Waals surface area contributed by atoms with E-state index in [1.165, 1.54) is 11.8 Å². The summed E-state index contributed by atoms with van der Waals surface area (Å²) < 4.78 is 7.12. The second-order valence-corrected chi connectivity index (χ2v) is 6.94. The summed E-state index contributed by atoms with van der Waals surface area (Å²) in [5.41, 5.74) is 9.15. The van der Waals surface area contributed by atoms with Crippen molar-refractivity contribution in [2.45, 2.75) is 12.1 Å². The maximum Gasteiger partial charge on any atom is 0.234 e. The first-order chi connectivity index (χ1) is 13.0. The zero-order valence-corrected chi connectivity index (χ0v) is 16.2. The lowest BCUT2D eigenvalue weighted by molar-refractivity contribution is -0.113. The molecule has 1 aromatic heterocycles. The third-order valence-corrected chi connectivity index (χ3v) is 5.02. The van der Waals surface area contributed by atoms with E-state index in [1.54, 1.807) is 7.11 Å². The number of nitrogens with two attached hydrogens (primary N) is 1. The van der Waals surface area contributed by atoms with Crippen LogP contribution in [0.2, 0.25) is 0 Å². The van der Waals surface area contributed by atoms with E-state index < -0.39 is 0 Å². The van der Waals surface area contributed by atoms with E-state index in [0.29, 0.717) is 28.1 Å². The Kier molecular flexibility index (Phi) is 5.66. The van der Waals surface area contributed by atoms with Gasteiger partial charge in [-0.15, -0.1) is 10.2 Å². The van der Waals surface area contributed by atoms with Gasteiger partial charge in [0.05, 0.1) is 18.6 Å². The topological polar surface area (TPSA) is 95.1 Å². The number of nitrogens with zero attached hydrogens (tertiary/aromatic N) is 3. The first kappa shape index (κ1) is 18.8. The van der Waals surface area contributed by atoms with Crippen molar-refractivity contribution in [3.05, 3.63) is 48.0 Å². The highest BCUT2D eigenvalue weighted by Gasteiger charge is 2.15. The third kappa shape index (κ3) is 4.22. The van der Waals surface area contributed by atoms with Gasteiger partial charge in [-0.2, -0.15) is 0 Å². The van der Waals surface area contributed by atoms with Crippen LogP contribution in [0.15, 0.2) is 47.6 Å². The monoisotopic (exact) mass is 383 g/mol. The molecule has 0 aliphatic heterocycles. The van der Waals surface area contributed by atoms with E-state index >= 15 is 0 Å². The molecule has 27 heavy (non-hydrogen) atoms. The summed E-state index contributed by atoms with van der Waals surface area (Å²) in [5.74, 6) is 1.34. The van der Waals surface area contributed by atoms with Gasteiger partial charge in [0.15, 0.2) is 11.0 Å². The van der Waals surface area contributed by atoms with Crippen molar-refractivity contribution in [2.24, 2.45) is 7.05 Å². The number of aryl methyl sites for hydroxylation is 1. The number of benzene rings is 2. The number of hydrogen-bond donors (Lipinski definition) is 2. The lowest BCUT2D eigenvalue weighted by atomic mass is 10.2. The Morgan fingerprint density at radius 1 is 1.26 bits per heavy atom. The standard InChI is InChI=1S/C19H21N5O2S/c1-12-8-9-16(26-3)15(10-12)21-17(25)11-27-19-23-22-18(24(19)2)13-6-4-5-7-14(13)20/h4-10H,11,20H2,1-3H3,(H,21,25). The van der Waals surface area contributed by atoms with E-state index in [4.69, 9.17) is 10.5 Å². The largest absolute Gasteiger partial charge is 0.495 e. The SMILES string of the molecule is COc1ccc(C)cc1NC(=O)CSc1nnc(-c2ccccc2N)n1C. The molecule has 0 saturated heterocycles. The predicted octanol–water partition coefficient (Wildman–Crippen LogP) is 3.11. The molecule has 0 aliphatic carbocycles. The van der Waals surface area contributed by atoms with Gasteiger partial charge in [0.2, 0.25) is 5.91 Å². The number of methoxy groups -OCH3 is 1. The smallest absolute Gasteiger partial charge is 0.234 e. The zero-order chi connectivity index (χ0) is 19.4.